The van der Waals surface area contributed by atoms with Crippen LogP contribution >= 0.6 is 11.3 Å². The van der Waals surface area contributed by atoms with Gasteiger partial charge in [0, 0.05) is 9.75 Å². The second kappa shape index (κ2) is 32.8. The lowest BCUT2D eigenvalue weighted by atomic mass is 10.3. The van der Waals surface area contributed by atoms with E-state index in [0.29, 0.717) is 0 Å². The Labute approximate surface area is 153 Å². The molecule has 2 rings (SSSR count). The van der Waals surface area contributed by atoms with Gasteiger partial charge in [-0.05, 0) is 32.4 Å². The molecule has 0 spiro atoms. The third-order valence-corrected chi connectivity index (χ3v) is 3.02. The van der Waals surface area contributed by atoms with Gasteiger partial charge in [0.15, 0.2) is 0 Å². The van der Waals surface area contributed by atoms with Crippen molar-refractivity contribution in [3.63, 3.8) is 0 Å². The molecule has 1 heterocycles. The average Bonchev–Trinajstić information content (AvgIpc) is 2.93. The van der Waals surface area contributed by atoms with Crippen LogP contribution in [0.3, 0.4) is 0 Å². The lowest BCUT2D eigenvalue weighted by Crippen LogP contribution is -1.62. The SMILES string of the molecule is C.CC.CC.CC.CC.Cc1cc(C)c(C)s1.c1ccccc1. The molecular weight excluding hydrogens is 296 g/mol. The van der Waals surface area contributed by atoms with E-state index in [0.717, 1.165) is 0 Å². The molecule has 0 N–H and O–H groups in total. The van der Waals surface area contributed by atoms with Crippen LogP contribution < -0.4 is 0 Å². The molecule has 138 valence electrons. The Morgan fingerprint density at radius 3 is 0.913 bits per heavy atom. The highest BCUT2D eigenvalue weighted by molar-refractivity contribution is 7.12. The lowest BCUT2D eigenvalue weighted by molar-refractivity contribution is 1.43. The molecule has 0 aliphatic carbocycles. The summed E-state index contributed by atoms with van der Waals surface area (Å²) in [5.41, 5.74) is 1.42. The fourth-order valence-electron chi connectivity index (χ4n) is 1.14. The lowest BCUT2D eigenvalue weighted by Gasteiger charge is -1.79. The monoisotopic (exact) mass is 340 g/mol. The van der Waals surface area contributed by atoms with Crippen LogP contribution in [0.2, 0.25) is 0 Å². The van der Waals surface area contributed by atoms with Gasteiger partial charge in [0.25, 0.3) is 0 Å². The molecule has 0 nitrogen and oxygen atoms in total. The van der Waals surface area contributed by atoms with Crippen LogP contribution in [0.15, 0.2) is 42.5 Å². The summed E-state index contributed by atoms with van der Waals surface area (Å²) >= 11 is 1.87. The van der Waals surface area contributed by atoms with E-state index in [-0.39, 0.29) is 7.43 Å². The van der Waals surface area contributed by atoms with E-state index in [9.17, 15) is 0 Å². The van der Waals surface area contributed by atoms with Crippen LogP contribution in [0.5, 0.6) is 0 Å². The third kappa shape index (κ3) is 26.2. The summed E-state index contributed by atoms with van der Waals surface area (Å²) in [6.45, 7) is 22.5. The summed E-state index contributed by atoms with van der Waals surface area (Å²) < 4.78 is 0. The zero-order valence-electron chi connectivity index (χ0n) is 16.9. The minimum Gasteiger partial charge on any atom is -0.146 e. The fourth-order valence-corrected chi connectivity index (χ4v) is 2.08. The van der Waals surface area contributed by atoms with Crippen molar-refractivity contribution in [3.8, 4) is 0 Å². The summed E-state index contributed by atoms with van der Waals surface area (Å²) in [4.78, 5) is 2.86. The summed E-state index contributed by atoms with van der Waals surface area (Å²) in [6, 6.07) is 14.2. The minimum absolute atomic E-state index is 0. The number of benzene rings is 1. The van der Waals surface area contributed by atoms with Crippen molar-refractivity contribution >= 4 is 11.3 Å². The van der Waals surface area contributed by atoms with Gasteiger partial charge in [0.1, 0.15) is 0 Å². The molecular formula is C22H44S. The molecule has 1 aromatic carbocycles. The van der Waals surface area contributed by atoms with Crippen LogP contribution in [0.1, 0.15) is 78.1 Å². The first-order valence-electron chi connectivity index (χ1n) is 8.74. The largest absolute Gasteiger partial charge is 0.146 e. The maximum absolute atomic E-state index is 2.22. The zero-order valence-corrected chi connectivity index (χ0v) is 17.8. The highest BCUT2D eigenvalue weighted by atomic mass is 32.1. The van der Waals surface area contributed by atoms with Crippen molar-refractivity contribution in [1.29, 1.82) is 0 Å². The van der Waals surface area contributed by atoms with Crippen LogP contribution in [0, 0.1) is 20.8 Å². The van der Waals surface area contributed by atoms with E-state index in [1.807, 2.05) is 103 Å². The average molecular weight is 341 g/mol. The van der Waals surface area contributed by atoms with Gasteiger partial charge in [-0.1, -0.05) is 99.2 Å². The van der Waals surface area contributed by atoms with E-state index in [1.165, 1.54) is 15.3 Å². The van der Waals surface area contributed by atoms with Crippen molar-refractivity contribution in [2.45, 2.75) is 83.6 Å². The normalized spacial score (nSPS) is 6.57. The molecule has 0 saturated heterocycles. The Kier molecular flexibility index (Phi) is 47.7. The number of rotatable bonds is 0. The second-order valence-corrected chi connectivity index (χ2v) is 4.71. The Hall–Kier alpha value is -1.08. The van der Waals surface area contributed by atoms with Crippen LogP contribution in [0.4, 0.5) is 0 Å². The molecule has 0 unspecified atom stereocenters. The highest BCUT2D eigenvalue weighted by Crippen LogP contribution is 2.18. The first kappa shape index (κ1) is 33.5. The summed E-state index contributed by atoms with van der Waals surface area (Å²) in [5.74, 6) is 0. The summed E-state index contributed by atoms with van der Waals surface area (Å²) in [7, 11) is 0. The van der Waals surface area contributed by atoms with Crippen molar-refractivity contribution < 1.29 is 0 Å². The molecule has 1 heteroatoms. The maximum Gasteiger partial charge on any atom is 0.00462 e. The number of aryl methyl sites for hydroxylation is 3. The summed E-state index contributed by atoms with van der Waals surface area (Å²) in [6.07, 6.45) is 0. The van der Waals surface area contributed by atoms with Gasteiger partial charge in [0.05, 0.1) is 0 Å². The number of hydrogen-bond acceptors (Lipinski definition) is 1. The van der Waals surface area contributed by atoms with Gasteiger partial charge < -0.3 is 0 Å². The predicted molar refractivity (Wildman–Crippen MR) is 117 cm³/mol. The van der Waals surface area contributed by atoms with Crippen LogP contribution in [-0.2, 0) is 0 Å². The van der Waals surface area contributed by atoms with Gasteiger partial charge in [-0.2, -0.15) is 0 Å². The van der Waals surface area contributed by atoms with Gasteiger partial charge in [0.2, 0.25) is 0 Å². The molecule has 0 amide bonds. The molecule has 0 atom stereocenters. The Bertz CT molecular complexity index is 315. The smallest absolute Gasteiger partial charge is 0.00462 e. The molecule has 0 aliphatic rings. The van der Waals surface area contributed by atoms with E-state index in [1.54, 1.807) is 0 Å². The van der Waals surface area contributed by atoms with Crippen LogP contribution in [-0.4, -0.2) is 0 Å². The quantitative estimate of drug-likeness (QED) is 0.448. The number of thiophene rings is 1. The van der Waals surface area contributed by atoms with Crippen molar-refractivity contribution in [3.05, 3.63) is 57.8 Å². The Morgan fingerprint density at radius 2 is 0.826 bits per heavy atom. The number of hydrogen-bond donors (Lipinski definition) is 0. The molecule has 23 heavy (non-hydrogen) atoms. The molecule has 0 radical (unpaired) electrons. The second-order valence-electron chi connectivity index (χ2n) is 3.25. The molecule has 2 aromatic rings. The molecule has 0 saturated carbocycles. The fraction of sp³-hybridized carbons (Fsp3) is 0.545. The first-order valence-corrected chi connectivity index (χ1v) is 9.55. The van der Waals surface area contributed by atoms with E-state index >= 15 is 0 Å². The van der Waals surface area contributed by atoms with Crippen molar-refractivity contribution in [1.82, 2.24) is 0 Å². The molecule has 1 aromatic heterocycles. The zero-order chi connectivity index (χ0) is 18.4. The van der Waals surface area contributed by atoms with E-state index in [4.69, 9.17) is 0 Å². The van der Waals surface area contributed by atoms with Gasteiger partial charge in [-0.3, -0.25) is 0 Å². The Morgan fingerprint density at radius 1 is 0.565 bits per heavy atom. The summed E-state index contributed by atoms with van der Waals surface area (Å²) in [5, 5.41) is 0. The van der Waals surface area contributed by atoms with Crippen LogP contribution in [0.25, 0.3) is 0 Å². The van der Waals surface area contributed by atoms with Gasteiger partial charge in [-0.25, -0.2) is 0 Å². The molecule has 0 bridgehead atoms. The first-order chi connectivity index (χ1) is 10.7. The molecule has 0 fully saturated rings. The maximum atomic E-state index is 2.22. The topological polar surface area (TPSA) is 0 Å². The highest BCUT2D eigenvalue weighted by Gasteiger charge is 1.93. The predicted octanol–water partition coefficient (Wildman–Crippen LogP) is 9.10. The molecule has 0 aliphatic heterocycles. The van der Waals surface area contributed by atoms with E-state index in [2.05, 4.69) is 26.8 Å². The van der Waals surface area contributed by atoms with Crippen molar-refractivity contribution in [2.24, 2.45) is 0 Å². The standard InChI is InChI=1S/C7H10S.C6H6.4C2H6.CH4/c1-5-4-6(2)8-7(5)3;1-2-4-6-5-3-1;4*1-2;/h4H,1-3H3;1-6H;4*1-2H3;1H4. The van der Waals surface area contributed by atoms with Gasteiger partial charge >= 0.3 is 0 Å². The van der Waals surface area contributed by atoms with Gasteiger partial charge in [-0.15, -0.1) is 11.3 Å². The van der Waals surface area contributed by atoms with E-state index < -0.39 is 0 Å². The Balaban J connectivity index is -0.0000000646. The third-order valence-electron chi connectivity index (χ3n) is 1.96. The van der Waals surface area contributed by atoms with Crippen molar-refractivity contribution in [2.75, 3.05) is 0 Å². The minimum atomic E-state index is 0.